The summed E-state index contributed by atoms with van der Waals surface area (Å²) in [4.78, 5) is 0. The highest BCUT2D eigenvalue weighted by Crippen LogP contribution is 2.44. The molecule has 0 saturated carbocycles. The number of nitrogens with zero attached hydrogens (tertiary/aromatic N) is 2. The average molecular weight is 499 g/mol. The van der Waals surface area contributed by atoms with Gasteiger partial charge in [-0.05, 0) is 80.3 Å². The fourth-order valence-electron chi connectivity index (χ4n) is 5.61. The Kier molecular flexibility index (Phi) is 12.3. The molecule has 0 fully saturated rings. The summed E-state index contributed by atoms with van der Waals surface area (Å²) < 4.78 is 1.55. The summed E-state index contributed by atoms with van der Waals surface area (Å²) in [7, 11) is 0. The molecule has 1 aliphatic heterocycles. The summed E-state index contributed by atoms with van der Waals surface area (Å²) in [5.74, 6) is 0. The van der Waals surface area contributed by atoms with Gasteiger partial charge < -0.3 is 5.53 Å². The molecule has 0 aromatic heterocycles. The molecule has 2 nitrogen and oxygen atoms in total. The molecule has 37 heavy (non-hydrogen) atoms. The Hall–Kier alpha value is -2.48. The lowest BCUT2D eigenvalue weighted by molar-refractivity contribution is -0.345. The number of hydrogen-bond acceptors (Lipinski definition) is 0. The Balaban J connectivity index is 2.01. The number of allylic oxidation sites excluding steroid dienone is 2. The van der Waals surface area contributed by atoms with Gasteiger partial charge in [0.1, 0.15) is 0 Å². The minimum Gasteiger partial charge on any atom is -0.493 e. The number of unbranched alkanes of at least 4 members (excludes halogenated alkanes) is 8. The molecular weight excluding hydrogens is 448 g/mol. The summed E-state index contributed by atoms with van der Waals surface area (Å²) in [6, 6.07) is 17.8. The molecule has 0 saturated heterocycles. The summed E-state index contributed by atoms with van der Waals surface area (Å²) in [6.07, 6.45) is 17.9. The van der Waals surface area contributed by atoms with Gasteiger partial charge >= 0.3 is 0 Å². The fraction of sp³-hybridized carbons (Fsp3) is 0.543. The van der Waals surface area contributed by atoms with Crippen LogP contribution in [0.25, 0.3) is 16.9 Å². The fourth-order valence-corrected chi connectivity index (χ4v) is 5.61. The third kappa shape index (κ3) is 8.00. The average Bonchev–Trinajstić information content (AvgIpc) is 3.20. The zero-order valence-corrected chi connectivity index (χ0v) is 24.1. The van der Waals surface area contributed by atoms with Gasteiger partial charge in [0.15, 0.2) is 0 Å². The van der Waals surface area contributed by atoms with E-state index >= 15 is 0 Å². The van der Waals surface area contributed by atoms with Crippen LogP contribution in [0.4, 0.5) is 0 Å². The Morgan fingerprint density at radius 3 is 1.65 bits per heavy atom. The van der Waals surface area contributed by atoms with Crippen molar-refractivity contribution < 1.29 is 4.70 Å². The zero-order valence-electron chi connectivity index (χ0n) is 24.1. The maximum absolute atomic E-state index is 11.9. The first kappa shape index (κ1) is 29.1. The quantitative estimate of drug-likeness (QED) is 0.153. The molecule has 2 aromatic rings. The lowest BCUT2D eigenvalue weighted by Crippen LogP contribution is -2.03. The van der Waals surface area contributed by atoms with E-state index in [0.717, 1.165) is 61.0 Å². The summed E-state index contributed by atoms with van der Waals surface area (Å²) in [5, 5.41) is 0. The van der Waals surface area contributed by atoms with E-state index in [2.05, 4.69) is 76.2 Å². The summed E-state index contributed by atoms with van der Waals surface area (Å²) in [5.41, 5.74) is 21.6. The van der Waals surface area contributed by atoms with E-state index in [1.54, 1.807) is 4.70 Å². The summed E-state index contributed by atoms with van der Waals surface area (Å²) in [6.45, 7) is 9.01. The van der Waals surface area contributed by atoms with E-state index in [-0.39, 0.29) is 0 Å². The molecule has 0 amide bonds. The first-order chi connectivity index (χ1) is 18.1. The zero-order chi connectivity index (χ0) is 26.5. The standard InChI is InChI=1S/C35H50N2/c1-5-9-12-13-14-16-25-33-32(24-11-7-3)35(31-23-18-21-29(27-31)19-15-10-6-2)37(36)34(33)30-22-17-20-28(8-4)26-30/h17-18,20-23,26-27H,5-16,19,24-25H2,1-4H3. The predicted octanol–water partition coefficient (Wildman–Crippen LogP) is 11.1. The van der Waals surface area contributed by atoms with Gasteiger partial charge in [0, 0.05) is 22.3 Å². The third-order valence-corrected chi connectivity index (χ3v) is 7.80. The van der Waals surface area contributed by atoms with Crippen molar-refractivity contribution in [3.05, 3.63) is 87.5 Å². The van der Waals surface area contributed by atoms with Crippen molar-refractivity contribution >= 4 is 11.4 Å². The molecule has 0 atom stereocenters. The van der Waals surface area contributed by atoms with Crippen LogP contribution in [0.2, 0.25) is 0 Å². The van der Waals surface area contributed by atoms with E-state index in [1.165, 1.54) is 80.1 Å². The Labute approximate surface area is 227 Å². The molecule has 0 aliphatic carbocycles. The highest BCUT2D eigenvalue weighted by atomic mass is 15.2. The van der Waals surface area contributed by atoms with Gasteiger partial charge in [-0.1, -0.05) is 103 Å². The maximum Gasteiger partial charge on any atom is 0.211 e. The number of benzene rings is 2. The second-order valence-electron chi connectivity index (χ2n) is 10.8. The van der Waals surface area contributed by atoms with Gasteiger partial charge in [0.2, 0.25) is 11.4 Å². The van der Waals surface area contributed by atoms with Crippen LogP contribution in [0.3, 0.4) is 0 Å². The second-order valence-corrected chi connectivity index (χ2v) is 10.8. The van der Waals surface area contributed by atoms with Crippen LogP contribution in [-0.4, -0.2) is 4.70 Å². The topological polar surface area (TPSA) is 25.3 Å². The van der Waals surface area contributed by atoms with E-state index < -0.39 is 0 Å². The molecule has 1 aliphatic rings. The first-order valence-electron chi connectivity index (χ1n) is 15.3. The van der Waals surface area contributed by atoms with Crippen molar-refractivity contribution in [3.8, 4) is 0 Å². The van der Waals surface area contributed by atoms with E-state index in [4.69, 9.17) is 0 Å². The number of aryl methyl sites for hydroxylation is 2. The number of rotatable bonds is 17. The van der Waals surface area contributed by atoms with Crippen LogP contribution < -0.4 is 0 Å². The molecule has 2 aromatic carbocycles. The van der Waals surface area contributed by atoms with Gasteiger partial charge in [-0.25, -0.2) is 4.70 Å². The SMILES string of the molecule is CCCCCCCCC1=C(c2cccc(CC)c2)[N+](=[N-])C(c2cccc(CCCCC)c2)=C1CCCC. The van der Waals surface area contributed by atoms with Gasteiger partial charge in [-0.15, -0.1) is 0 Å². The van der Waals surface area contributed by atoms with Gasteiger partial charge in [-0.3, -0.25) is 0 Å². The molecule has 200 valence electrons. The predicted molar refractivity (Wildman–Crippen MR) is 160 cm³/mol. The van der Waals surface area contributed by atoms with Gasteiger partial charge in [0.05, 0.1) is 0 Å². The first-order valence-corrected chi connectivity index (χ1v) is 15.3. The number of hydrogen-bond donors (Lipinski definition) is 0. The Morgan fingerprint density at radius 2 is 1.03 bits per heavy atom. The summed E-state index contributed by atoms with van der Waals surface area (Å²) >= 11 is 0. The molecule has 0 bridgehead atoms. The van der Waals surface area contributed by atoms with Crippen molar-refractivity contribution in [3.63, 3.8) is 0 Å². The lowest BCUT2D eigenvalue weighted by Gasteiger charge is -2.11. The normalized spacial score (nSPS) is 13.8. The van der Waals surface area contributed by atoms with Crippen molar-refractivity contribution in [2.45, 2.75) is 124 Å². The highest BCUT2D eigenvalue weighted by Gasteiger charge is 2.35. The molecule has 0 radical (unpaired) electrons. The van der Waals surface area contributed by atoms with Gasteiger partial charge in [-0.2, -0.15) is 0 Å². The second kappa shape index (κ2) is 15.7. The Bertz CT molecular complexity index is 1070. The smallest absolute Gasteiger partial charge is 0.211 e. The van der Waals surface area contributed by atoms with Crippen molar-refractivity contribution in [1.29, 1.82) is 0 Å². The Morgan fingerprint density at radius 1 is 0.541 bits per heavy atom. The largest absolute Gasteiger partial charge is 0.493 e. The van der Waals surface area contributed by atoms with E-state index in [9.17, 15) is 5.53 Å². The molecule has 3 rings (SSSR count). The molecule has 0 spiro atoms. The molecule has 0 N–H and O–H groups in total. The van der Waals surface area contributed by atoms with Crippen LogP contribution in [0.15, 0.2) is 59.7 Å². The molecule has 2 heteroatoms. The molecule has 0 unspecified atom stereocenters. The lowest BCUT2D eigenvalue weighted by atomic mass is 9.91. The van der Waals surface area contributed by atoms with E-state index in [1.807, 2.05) is 0 Å². The minimum atomic E-state index is 1.00. The maximum atomic E-state index is 11.9. The van der Waals surface area contributed by atoms with Crippen LogP contribution in [0, 0.1) is 0 Å². The van der Waals surface area contributed by atoms with Gasteiger partial charge in [0.25, 0.3) is 0 Å². The third-order valence-electron chi connectivity index (χ3n) is 7.80. The van der Waals surface area contributed by atoms with Crippen LogP contribution in [0.5, 0.6) is 0 Å². The van der Waals surface area contributed by atoms with E-state index in [0.29, 0.717) is 0 Å². The van der Waals surface area contributed by atoms with Crippen LogP contribution in [0.1, 0.15) is 133 Å². The molecular formula is C35H50N2. The minimum absolute atomic E-state index is 1.00. The highest BCUT2D eigenvalue weighted by molar-refractivity contribution is 5.82. The molecule has 1 heterocycles. The van der Waals surface area contributed by atoms with Crippen molar-refractivity contribution in [2.75, 3.05) is 0 Å². The monoisotopic (exact) mass is 498 g/mol. The van der Waals surface area contributed by atoms with Crippen molar-refractivity contribution in [2.24, 2.45) is 0 Å². The van der Waals surface area contributed by atoms with Crippen molar-refractivity contribution in [1.82, 2.24) is 0 Å². The van der Waals surface area contributed by atoms with Crippen LogP contribution in [-0.2, 0) is 12.8 Å². The van der Waals surface area contributed by atoms with Crippen LogP contribution >= 0.6 is 0 Å².